The van der Waals surface area contributed by atoms with Crippen molar-refractivity contribution < 1.29 is 14.3 Å². The Morgan fingerprint density at radius 2 is 1.71 bits per heavy atom. The summed E-state index contributed by atoms with van der Waals surface area (Å²) in [4.78, 5) is 26.2. The van der Waals surface area contributed by atoms with E-state index >= 15 is 0 Å². The van der Waals surface area contributed by atoms with Crippen molar-refractivity contribution in [2.24, 2.45) is 5.92 Å². The summed E-state index contributed by atoms with van der Waals surface area (Å²) in [6, 6.07) is 10.5. The third-order valence-electron chi connectivity index (χ3n) is 5.04. The number of hydrogen-bond donors (Lipinski definition) is 2. The maximum absolute atomic E-state index is 12.4. The van der Waals surface area contributed by atoms with Crippen LogP contribution in [0.2, 0.25) is 0 Å². The SMILES string of the molecule is CC(C(=O)NCCNC(=O)OC(C)(C)C)N1CCC(Cc2ccccc2)CC1. The van der Waals surface area contributed by atoms with E-state index in [0.717, 1.165) is 32.4 Å². The summed E-state index contributed by atoms with van der Waals surface area (Å²) in [5.74, 6) is 0.694. The van der Waals surface area contributed by atoms with Gasteiger partial charge in [0.15, 0.2) is 0 Å². The van der Waals surface area contributed by atoms with Gasteiger partial charge in [-0.25, -0.2) is 4.79 Å². The molecule has 0 saturated carbocycles. The van der Waals surface area contributed by atoms with Gasteiger partial charge in [0.2, 0.25) is 5.91 Å². The second kappa shape index (κ2) is 10.5. The second-order valence-electron chi connectivity index (χ2n) is 8.56. The molecule has 0 aromatic heterocycles. The van der Waals surface area contributed by atoms with E-state index in [0.29, 0.717) is 19.0 Å². The molecule has 2 amide bonds. The Bertz CT molecular complexity index is 620. The average Bonchev–Trinajstić information content (AvgIpc) is 2.64. The number of likely N-dealkylation sites (tertiary alicyclic amines) is 1. The molecule has 0 bridgehead atoms. The smallest absolute Gasteiger partial charge is 0.407 e. The molecular formula is C22H35N3O3. The number of hydrogen-bond acceptors (Lipinski definition) is 4. The van der Waals surface area contributed by atoms with E-state index in [1.165, 1.54) is 5.56 Å². The van der Waals surface area contributed by atoms with Crippen LogP contribution in [-0.4, -0.2) is 54.7 Å². The van der Waals surface area contributed by atoms with Crippen LogP contribution >= 0.6 is 0 Å². The number of rotatable bonds is 7. The molecule has 0 spiro atoms. The third-order valence-corrected chi connectivity index (χ3v) is 5.04. The van der Waals surface area contributed by atoms with Gasteiger partial charge in [-0.2, -0.15) is 0 Å². The van der Waals surface area contributed by atoms with Gasteiger partial charge in [0.1, 0.15) is 5.60 Å². The number of carbonyl (C=O) groups is 2. The van der Waals surface area contributed by atoms with E-state index < -0.39 is 11.7 Å². The van der Waals surface area contributed by atoms with Crippen molar-refractivity contribution in [3.8, 4) is 0 Å². The summed E-state index contributed by atoms with van der Waals surface area (Å²) in [6.07, 6.45) is 2.89. The van der Waals surface area contributed by atoms with Crippen LogP contribution < -0.4 is 10.6 Å². The van der Waals surface area contributed by atoms with Gasteiger partial charge in [-0.05, 0) is 71.5 Å². The first kappa shape index (κ1) is 22.2. The fourth-order valence-corrected chi connectivity index (χ4v) is 3.47. The molecule has 28 heavy (non-hydrogen) atoms. The summed E-state index contributed by atoms with van der Waals surface area (Å²) in [5.41, 5.74) is 0.873. The molecule has 156 valence electrons. The molecular weight excluding hydrogens is 354 g/mol. The van der Waals surface area contributed by atoms with Gasteiger partial charge in [0, 0.05) is 13.1 Å². The predicted molar refractivity (Wildman–Crippen MR) is 111 cm³/mol. The van der Waals surface area contributed by atoms with Crippen molar-refractivity contribution in [3.05, 3.63) is 35.9 Å². The molecule has 1 aliphatic heterocycles. The van der Waals surface area contributed by atoms with Crippen LogP contribution in [0.4, 0.5) is 4.79 Å². The molecule has 1 unspecified atom stereocenters. The third kappa shape index (κ3) is 7.89. The van der Waals surface area contributed by atoms with Crippen LogP contribution in [0.5, 0.6) is 0 Å². The van der Waals surface area contributed by atoms with Crippen LogP contribution in [-0.2, 0) is 16.0 Å². The van der Waals surface area contributed by atoms with E-state index in [-0.39, 0.29) is 11.9 Å². The number of nitrogens with one attached hydrogen (secondary N) is 2. The number of piperidine rings is 1. The van der Waals surface area contributed by atoms with Crippen molar-refractivity contribution in [2.45, 2.75) is 58.6 Å². The Morgan fingerprint density at radius 3 is 2.32 bits per heavy atom. The topological polar surface area (TPSA) is 70.7 Å². The van der Waals surface area contributed by atoms with Gasteiger partial charge >= 0.3 is 6.09 Å². The van der Waals surface area contributed by atoms with E-state index in [1.54, 1.807) is 0 Å². The first-order valence-electron chi connectivity index (χ1n) is 10.3. The fourth-order valence-electron chi connectivity index (χ4n) is 3.47. The van der Waals surface area contributed by atoms with Gasteiger partial charge in [-0.1, -0.05) is 30.3 Å². The molecule has 1 aliphatic rings. The van der Waals surface area contributed by atoms with E-state index in [2.05, 4.69) is 45.9 Å². The van der Waals surface area contributed by atoms with Gasteiger partial charge < -0.3 is 15.4 Å². The van der Waals surface area contributed by atoms with Gasteiger partial charge in [0.25, 0.3) is 0 Å². The van der Waals surface area contributed by atoms with Crippen LogP contribution in [0.25, 0.3) is 0 Å². The standard InChI is InChI=1S/C22H35N3O3/c1-17(20(26)23-12-13-24-21(27)28-22(2,3)4)25-14-10-19(11-15-25)16-18-8-6-5-7-9-18/h5-9,17,19H,10-16H2,1-4H3,(H,23,26)(H,24,27). The van der Waals surface area contributed by atoms with Crippen molar-refractivity contribution in [1.82, 2.24) is 15.5 Å². The fraction of sp³-hybridized carbons (Fsp3) is 0.636. The monoisotopic (exact) mass is 389 g/mol. The van der Waals surface area contributed by atoms with Crippen LogP contribution in [0.3, 0.4) is 0 Å². The van der Waals surface area contributed by atoms with Crippen molar-refractivity contribution >= 4 is 12.0 Å². The van der Waals surface area contributed by atoms with Crippen molar-refractivity contribution in [3.63, 3.8) is 0 Å². The molecule has 1 fully saturated rings. The zero-order chi connectivity index (χ0) is 20.6. The summed E-state index contributed by atoms with van der Waals surface area (Å²) in [5, 5.41) is 5.55. The van der Waals surface area contributed by atoms with Gasteiger partial charge in [-0.3, -0.25) is 9.69 Å². The minimum absolute atomic E-state index is 0.00694. The first-order valence-corrected chi connectivity index (χ1v) is 10.3. The molecule has 0 radical (unpaired) electrons. The number of benzene rings is 1. The largest absolute Gasteiger partial charge is 0.444 e. The van der Waals surface area contributed by atoms with E-state index in [4.69, 9.17) is 4.74 Å². The Hall–Kier alpha value is -2.08. The maximum atomic E-state index is 12.4. The number of carbonyl (C=O) groups excluding carboxylic acids is 2. The van der Waals surface area contributed by atoms with E-state index in [1.807, 2.05) is 27.7 Å². The maximum Gasteiger partial charge on any atom is 0.407 e. The lowest BCUT2D eigenvalue weighted by Gasteiger charge is -2.35. The Balaban J connectivity index is 1.63. The van der Waals surface area contributed by atoms with Crippen LogP contribution in [0, 0.1) is 5.92 Å². The lowest BCUT2D eigenvalue weighted by atomic mass is 9.89. The highest BCUT2D eigenvalue weighted by Gasteiger charge is 2.26. The second-order valence-corrected chi connectivity index (χ2v) is 8.56. The molecule has 6 nitrogen and oxygen atoms in total. The lowest BCUT2D eigenvalue weighted by molar-refractivity contribution is -0.126. The quantitative estimate of drug-likeness (QED) is 0.704. The van der Waals surface area contributed by atoms with Crippen LogP contribution in [0.1, 0.15) is 46.1 Å². The predicted octanol–water partition coefficient (Wildman–Crippen LogP) is 2.97. The molecule has 1 heterocycles. The first-order chi connectivity index (χ1) is 13.2. The van der Waals surface area contributed by atoms with Crippen molar-refractivity contribution in [1.29, 1.82) is 0 Å². The summed E-state index contributed by atoms with van der Waals surface area (Å²) < 4.78 is 5.17. The summed E-state index contributed by atoms with van der Waals surface area (Å²) in [7, 11) is 0. The molecule has 1 aromatic rings. The molecule has 1 saturated heterocycles. The number of nitrogens with zero attached hydrogens (tertiary/aromatic N) is 1. The summed E-state index contributed by atoms with van der Waals surface area (Å²) >= 11 is 0. The van der Waals surface area contributed by atoms with Gasteiger partial charge in [0.05, 0.1) is 6.04 Å². The van der Waals surface area contributed by atoms with Gasteiger partial charge in [-0.15, -0.1) is 0 Å². The number of ether oxygens (including phenoxy) is 1. The zero-order valence-corrected chi connectivity index (χ0v) is 17.7. The Kier molecular flexibility index (Phi) is 8.30. The molecule has 0 aliphatic carbocycles. The number of amides is 2. The molecule has 2 rings (SSSR count). The highest BCUT2D eigenvalue weighted by atomic mass is 16.6. The minimum Gasteiger partial charge on any atom is -0.444 e. The molecule has 2 N–H and O–H groups in total. The van der Waals surface area contributed by atoms with E-state index in [9.17, 15) is 9.59 Å². The average molecular weight is 390 g/mol. The Morgan fingerprint density at radius 1 is 1.11 bits per heavy atom. The summed E-state index contributed by atoms with van der Waals surface area (Å²) in [6.45, 7) is 10.1. The number of alkyl carbamates (subject to hydrolysis) is 1. The van der Waals surface area contributed by atoms with Crippen molar-refractivity contribution in [2.75, 3.05) is 26.2 Å². The normalized spacial score (nSPS) is 17.0. The highest BCUT2D eigenvalue weighted by molar-refractivity contribution is 5.81. The highest BCUT2D eigenvalue weighted by Crippen LogP contribution is 2.22. The molecule has 6 heteroatoms. The molecule has 1 aromatic carbocycles. The van der Waals surface area contributed by atoms with Crippen LogP contribution in [0.15, 0.2) is 30.3 Å². The molecule has 1 atom stereocenters. The minimum atomic E-state index is -0.519. The zero-order valence-electron chi connectivity index (χ0n) is 17.7. The Labute approximate surface area is 169 Å². The lowest BCUT2D eigenvalue weighted by Crippen LogP contribution is -2.49.